The zero-order valence-corrected chi connectivity index (χ0v) is 35.6. The first-order valence-electron chi connectivity index (χ1n) is 20.7. The summed E-state index contributed by atoms with van der Waals surface area (Å²) >= 11 is 0. The van der Waals surface area contributed by atoms with Crippen LogP contribution in [0.25, 0.3) is 34.4 Å². The molecule has 0 aliphatic heterocycles. The van der Waals surface area contributed by atoms with Crippen molar-refractivity contribution in [2.45, 2.75) is 0 Å². The van der Waals surface area contributed by atoms with E-state index in [1.54, 1.807) is 0 Å². The van der Waals surface area contributed by atoms with Crippen molar-refractivity contribution in [2.24, 2.45) is 0 Å². The van der Waals surface area contributed by atoms with Gasteiger partial charge in [-0.3, -0.25) is 0 Å². The van der Waals surface area contributed by atoms with Gasteiger partial charge in [-0.15, -0.1) is 0 Å². The number of hydrogen-bond acceptors (Lipinski definition) is 0. The summed E-state index contributed by atoms with van der Waals surface area (Å²) in [6.07, 6.45) is 4.66. The van der Waals surface area contributed by atoms with Gasteiger partial charge in [0.25, 0.3) is 0 Å². The van der Waals surface area contributed by atoms with E-state index < -0.39 is 16.1 Å². The molecule has 9 aromatic carbocycles. The van der Waals surface area contributed by atoms with Crippen LogP contribution in [-0.2, 0) is 0 Å². The van der Waals surface area contributed by atoms with E-state index in [0.717, 1.165) is 0 Å². The van der Waals surface area contributed by atoms with E-state index in [-0.39, 0.29) is 0 Å². The lowest BCUT2D eigenvalue weighted by atomic mass is 9.99. The van der Waals surface area contributed by atoms with E-state index >= 15 is 0 Å². The summed E-state index contributed by atoms with van der Waals surface area (Å²) in [5.41, 5.74) is 12.2. The van der Waals surface area contributed by atoms with Crippen LogP contribution >= 0.6 is 0 Å². The molecule has 0 aromatic heterocycles. The fourth-order valence-electron chi connectivity index (χ4n) is 8.65. The highest BCUT2D eigenvalue weighted by atomic mass is 28.3. The molecule has 0 nitrogen and oxygen atoms in total. The Morgan fingerprint density at radius 2 is 0.383 bits per heavy atom. The highest BCUT2D eigenvalue weighted by Gasteiger charge is 2.37. The first-order valence-corrected chi connectivity index (χ1v) is 24.9. The summed E-state index contributed by atoms with van der Waals surface area (Å²) in [6.45, 7) is 0. The molecular weight excluding hydrogens is 753 g/mol. The van der Waals surface area contributed by atoms with E-state index in [1.165, 1.54) is 64.5 Å². The SMILES string of the molecule is C(=C[Si](c1ccccc1)(c1ccccc1)c1ccccc1)c1ccc(-c2ccc(-c3ccc(C=C[Si](c4ccccc4)(c4ccccc4)c4ccccc4)cc3)cc2)cc1. The van der Waals surface area contributed by atoms with Crippen LogP contribution in [0.5, 0.6) is 0 Å². The van der Waals surface area contributed by atoms with Crippen LogP contribution in [0.15, 0.2) is 266 Å². The molecule has 0 saturated heterocycles. The van der Waals surface area contributed by atoms with Gasteiger partial charge in [-0.05, 0) is 64.5 Å². The quantitative estimate of drug-likeness (QED) is 0.0853. The maximum Gasteiger partial charge on any atom is 0.172 e. The fraction of sp³-hybridized carbons (Fsp3) is 0. The molecule has 9 rings (SSSR count). The smallest absolute Gasteiger partial charge is 0.0812 e. The zero-order valence-electron chi connectivity index (χ0n) is 33.6. The predicted molar refractivity (Wildman–Crippen MR) is 263 cm³/mol. The average molecular weight is 799 g/mol. The van der Waals surface area contributed by atoms with Crippen LogP contribution in [-0.4, -0.2) is 16.1 Å². The maximum atomic E-state index is 2.51. The number of benzene rings is 9. The summed E-state index contributed by atoms with van der Waals surface area (Å²) in [6, 6.07) is 93.2. The van der Waals surface area contributed by atoms with Gasteiger partial charge >= 0.3 is 0 Å². The second kappa shape index (κ2) is 17.8. The van der Waals surface area contributed by atoms with Crippen molar-refractivity contribution in [2.75, 3.05) is 0 Å². The molecule has 60 heavy (non-hydrogen) atoms. The standard InChI is InChI=1S/C58H46Si2/c1-7-19-53(20-8-1)59(54-21-9-2-10-22-54,55-23-11-3-12-24-55)45-43-47-31-35-49(36-32-47)51-39-41-52(42-40-51)50-37-33-48(34-38-50)44-46-60(56-25-13-4-14-26-56,57-27-15-5-16-28-57)58-29-17-6-18-30-58/h1-46H. The molecule has 0 bridgehead atoms. The van der Waals surface area contributed by atoms with Gasteiger partial charge in [0.2, 0.25) is 0 Å². The minimum absolute atomic E-state index is 1.19. The molecule has 0 N–H and O–H groups in total. The van der Waals surface area contributed by atoms with Gasteiger partial charge in [0, 0.05) is 0 Å². The fourth-order valence-corrected chi connectivity index (χ4v) is 17.0. The van der Waals surface area contributed by atoms with Gasteiger partial charge in [-0.25, -0.2) is 0 Å². The molecule has 0 spiro atoms. The summed E-state index contributed by atoms with van der Waals surface area (Å²) < 4.78 is 0. The summed E-state index contributed by atoms with van der Waals surface area (Å²) in [7, 11) is -4.93. The van der Waals surface area contributed by atoms with E-state index in [1.807, 2.05) is 0 Å². The van der Waals surface area contributed by atoms with Crippen molar-refractivity contribution in [3.05, 3.63) is 277 Å². The molecule has 0 saturated carbocycles. The van der Waals surface area contributed by atoms with Crippen molar-refractivity contribution in [1.29, 1.82) is 0 Å². The molecule has 0 aliphatic rings. The van der Waals surface area contributed by atoms with E-state index in [2.05, 4.69) is 278 Å². The third-order valence-electron chi connectivity index (χ3n) is 11.8. The van der Waals surface area contributed by atoms with Crippen LogP contribution in [0.3, 0.4) is 0 Å². The summed E-state index contributed by atoms with van der Waals surface area (Å²) in [4.78, 5) is 0. The lowest BCUT2D eigenvalue weighted by molar-refractivity contribution is 1.57. The zero-order chi connectivity index (χ0) is 40.5. The van der Waals surface area contributed by atoms with Gasteiger partial charge in [-0.1, -0.05) is 278 Å². The molecule has 286 valence electrons. The van der Waals surface area contributed by atoms with Gasteiger partial charge in [0.15, 0.2) is 16.1 Å². The maximum absolute atomic E-state index is 2.51. The van der Waals surface area contributed by atoms with Crippen molar-refractivity contribution in [3.63, 3.8) is 0 Å². The molecular formula is C58H46Si2. The van der Waals surface area contributed by atoms with Crippen molar-refractivity contribution in [1.82, 2.24) is 0 Å². The highest BCUT2D eigenvalue weighted by Crippen LogP contribution is 2.26. The summed E-state index contributed by atoms with van der Waals surface area (Å²) in [5, 5.41) is 8.25. The van der Waals surface area contributed by atoms with Crippen molar-refractivity contribution >= 4 is 59.4 Å². The number of hydrogen-bond donors (Lipinski definition) is 0. The Balaban J connectivity index is 0.959. The third-order valence-corrected chi connectivity index (χ3v) is 20.6. The van der Waals surface area contributed by atoms with Crippen LogP contribution in [0.4, 0.5) is 0 Å². The Labute approximate surface area is 357 Å². The molecule has 0 atom stereocenters. The normalized spacial score (nSPS) is 11.9. The predicted octanol–water partition coefficient (Wildman–Crippen LogP) is 10.5. The molecule has 0 amide bonds. The van der Waals surface area contributed by atoms with E-state index in [0.29, 0.717) is 0 Å². The Kier molecular flexibility index (Phi) is 11.4. The van der Waals surface area contributed by atoms with E-state index in [4.69, 9.17) is 0 Å². The Bertz CT molecular complexity index is 2390. The van der Waals surface area contributed by atoms with Crippen LogP contribution in [0.1, 0.15) is 11.1 Å². The minimum atomic E-state index is -2.46. The Hall–Kier alpha value is -7.11. The Morgan fingerprint density at radius 3 is 0.583 bits per heavy atom. The summed E-state index contributed by atoms with van der Waals surface area (Å²) in [5.74, 6) is 0. The molecule has 0 fully saturated rings. The van der Waals surface area contributed by atoms with Crippen molar-refractivity contribution in [3.8, 4) is 22.3 Å². The second-order valence-corrected chi connectivity index (χ2v) is 22.7. The average Bonchev–Trinajstić information content (AvgIpc) is 3.34. The molecule has 0 unspecified atom stereocenters. The first kappa shape index (κ1) is 38.4. The molecule has 0 aliphatic carbocycles. The van der Waals surface area contributed by atoms with Gasteiger partial charge in [0.05, 0.1) is 0 Å². The molecule has 0 heterocycles. The van der Waals surface area contributed by atoms with Crippen LogP contribution < -0.4 is 31.1 Å². The highest BCUT2D eigenvalue weighted by molar-refractivity contribution is 7.15. The largest absolute Gasteiger partial charge is 0.172 e. The minimum Gasteiger partial charge on any atom is -0.0812 e. The topological polar surface area (TPSA) is 0 Å². The monoisotopic (exact) mass is 798 g/mol. The first-order chi connectivity index (χ1) is 29.7. The Morgan fingerprint density at radius 1 is 0.200 bits per heavy atom. The van der Waals surface area contributed by atoms with Gasteiger partial charge in [-0.2, -0.15) is 0 Å². The number of rotatable bonds is 12. The van der Waals surface area contributed by atoms with Gasteiger partial charge in [0.1, 0.15) is 0 Å². The second-order valence-electron chi connectivity index (χ2n) is 15.3. The lowest BCUT2D eigenvalue weighted by Gasteiger charge is -2.30. The van der Waals surface area contributed by atoms with Gasteiger partial charge < -0.3 is 0 Å². The molecule has 2 heteroatoms. The van der Waals surface area contributed by atoms with E-state index in [9.17, 15) is 0 Å². The molecule has 9 aromatic rings. The van der Waals surface area contributed by atoms with Crippen LogP contribution in [0, 0.1) is 0 Å². The molecule has 0 radical (unpaired) electrons. The van der Waals surface area contributed by atoms with Crippen molar-refractivity contribution < 1.29 is 0 Å². The third kappa shape index (κ3) is 7.87. The lowest BCUT2D eigenvalue weighted by Crippen LogP contribution is -2.66. The van der Waals surface area contributed by atoms with Crippen LogP contribution in [0.2, 0.25) is 0 Å².